The second-order valence-corrected chi connectivity index (χ2v) is 9.02. The molecule has 0 aliphatic carbocycles. The number of nitrogens with one attached hydrogen (secondary N) is 2. The summed E-state index contributed by atoms with van der Waals surface area (Å²) in [5.74, 6) is 0.110. The van der Waals surface area contributed by atoms with Crippen molar-refractivity contribution in [2.24, 2.45) is 5.73 Å². The number of carboxylic acid groups (broad SMARTS) is 1. The maximum Gasteiger partial charge on any atom is 0.339 e. The van der Waals surface area contributed by atoms with E-state index in [9.17, 15) is 9.90 Å². The minimum Gasteiger partial charge on any atom is -0.491 e. The van der Waals surface area contributed by atoms with Crippen LogP contribution >= 0.6 is 0 Å². The minimum atomic E-state index is -1.08. The van der Waals surface area contributed by atoms with E-state index >= 15 is 0 Å². The number of piperidine rings is 1. The molecule has 36 heavy (non-hydrogen) atoms. The van der Waals surface area contributed by atoms with Gasteiger partial charge in [-0.05, 0) is 62.9 Å². The normalized spacial score (nSPS) is 14.3. The van der Waals surface area contributed by atoms with E-state index < -0.39 is 5.97 Å². The number of aromatic nitrogens is 2. The lowest BCUT2D eigenvalue weighted by atomic mass is 10.0. The van der Waals surface area contributed by atoms with Gasteiger partial charge in [-0.1, -0.05) is 24.3 Å². The number of ether oxygens (including phenoxy) is 2. The van der Waals surface area contributed by atoms with Crippen LogP contribution in [0, 0.1) is 19.3 Å². The Kier molecular flexibility index (Phi) is 6.01. The molecule has 9 nitrogen and oxygen atoms in total. The summed E-state index contributed by atoms with van der Waals surface area (Å²) < 4.78 is 14.0. The number of carboxylic acids is 1. The highest BCUT2D eigenvalue weighted by atomic mass is 16.5. The van der Waals surface area contributed by atoms with E-state index in [4.69, 9.17) is 25.6 Å². The van der Waals surface area contributed by atoms with Gasteiger partial charge in [0.25, 0.3) is 0 Å². The van der Waals surface area contributed by atoms with Crippen molar-refractivity contribution in [2.75, 3.05) is 20.2 Å². The highest BCUT2D eigenvalue weighted by molar-refractivity contribution is 6.10. The fourth-order valence-corrected chi connectivity index (χ4v) is 5.19. The quantitative estimate of drug-likeness (QED) is 0.239. The summed E-state index contributed by atoms with van der Waals surface area (Å²) in [5, 5.41) is 23.3. The zero-order valence-electron chi connectivity index (χ0n) is 20.5. The average molecular weight is 488 g/mol. The fourth-order valence-electron chi connectivity index (χ4n) is 5.19. The first-order chi connectivity index (χ1) is 17.3. The van der Waals surface area contributed by atoms with Gasteiger partial charge in [-0.3, -0.25) is 9.98 Å². The van der Waals surface area contributed by atoms with Gasteiger partial charge in [-0.15, -0.1) is 0 Å². The van der Waals surface area contributed by atoms with E-state index in [1.165, 1.54) is 7.11 Å². The lowest BCUT2D eigenvalue weighted by molar-refractivity contribution is 0.0684. The molecule has 1 fully saturated rings. The van der Waals surface area contributed by atoms with Gasteiger partial charge < -0.3 is 25.6 Å². The number of aryl methyl sites for hydroxylation is 2. The molecule has 1 aromatic heterocycles. The van der Waals surface area contributed by atoms with Crippen molar-refractivity contribution in [3.63, 3.8) is 0 Å². The van der Waals surface area contributed by atoms with Crippen LogP contribution in [-0.2, 0) is 0 Å². The minimum absolute atomic E-state index is 0.0179. The number of nitrogens with zero attached hydrogens (tertiary/aromatic N) is 2. The first-order valence-electron chi connectivity index (χ1n) is 11.9. The average Bonchev–Trinajstić information content (AvgIpc) is 3.20. The van der Waals surface area contributed by atoms with Gasteiger partial charge in [0, 0.05) is 10.9 Å². The molecule has 1 aliphatic heterocycles. The van der Waals surface area contributed by atoms with E-state index in [1.807, 2.05) is 47.9 Å². The van der Waals surface area contributed by atoms with E-state index in [2.05, 4.69) is 5.32 Å². The number of nitrogen functional groups attached to an aromatic ring is 1. The predicted molar refractivity (Wildman–Crippen MR) is 139 cm³/mol. The van der Waals surface area contributed by atoms with E-state index in [0.29, 0.717) is 33.7 Å². The van der Waals surface area contributed by atoms with E-state index in [-0.39, 0.29) is 23.3 Å². The molecule has 0 atom stereocenters. The number of amidine groups is 1. The second kappa shape index (κ2) is 9.16. The smallest absolute Gasteiger partial charge is 0.339 e. The van der Waals surface area contributed by atoms with Crippen LogP contribution in [0.1, 0.15) is 40.2 Å². The molecule has 1 aliphatic rings. The summed E-state index contributed by atoms with van der Waals surface area (Å²) in [6, 6.07) is 11.4. The molecule has 5 N–H and O–H groups in total. The van der Waals surface area contributed by atoms with E-state index in [0.717, 1.165) is 42.4 Å². The predicted octanol–water partition coefficient (Wildman–Crippen LogP) is 3.92. The largest absolute Gasteiger partial charge is 0.491 e. The van der Waals surface area contributed by atoms with Crippen LogP contribution < -0.4 is 20.5 Å². The monoisotopic (exact) mass is 487 g/mol. The second-order valence-electron chi connectivity index (χ2n) is 9.02. The molecule has 2 heterocycles. The summed E-state index contributed by atoms with van der Waals surface area (Å²) in [5.41, 5.74) is 9.08. The van der Waals surface area contributed by atoms with Crippen molar-refractivity contribution in [1.82, 2.24) is 14.9 Å². The molecule has 4 aromatic rings. The molecule has 0 amide bonds. The zero-order valence-corrected chi connectivity index (χ0v) is 20.5. The van der Waals surface area contributed by atoms with Crippen molar-refractivity contribution < 1.29 is 19.4 Å². The number of fused-ring (bicyclic) bond motifs is 2. The number of imidazole rings is 1. The first-order valence-corrected chi connectivity index (χ1v) is 11.9. The van der Waals surface area contributed by atoms with Gasteiger partial charge in [0.1, 0.15) is 28.8 Å². The maximum absolute atomic E-state index is 12.6. The van der Waals surface area contributed by atoms with Crippen molar-refractivity contribution in [3.05, 3.63) is 58.9 Å². The maximum atomic E-state index is 12.6. The molecular weight excluding hydrogens is 458 g/mol. The SMILES string of the molecule is COc1c(OC2CCNCC2)c(C(=O)O)c(C)c2c1nc(C)n2-c1ccc(C(=N)N)c2ccccc12. The highest BCUT2D eigenvalue weighted by Gasteiger charge is 2.30. The molecule has 0 saturated carbocycles. The Morgan fingerprint density at radius 2 is 1.83 bits per heavy atom. The van der Waals surface area contributed by atoms with Crippen molar-refractivity contribution >= 4 is 33.6 Å². The third kappa shape index (κ3) is 3.72. The Hall–Kier alpha value is -4.11. The van der Waals surface area contributed by atoms with Gasteiger partial charge in [0.05, 0.1) is 18.3 Å². The fraction of sp³-hybridized carbons (Fsp3) is 0.296. The van der Waals surface area contributed by atoms with Gasteiger partial charge in [-0.2, -0.15) is 0 Å². The molecule has 186 valence electrons. The Morgan fingerprint density at radius 1 is 1.14 bits per heavy atom. The number of methoxy groups -OCH3 is 1. The number of nitrogens with two attached hydrogens (primary N) is 1. The Balaban J connectivity index is 1.82. The highest BCUT2D eigenvalue weighted by Crippen LogP contribution is 2.44. The van der Waals surface area contributed by atoms with Gasteiger partial charge >= 0.3 is 5.97 Å². The molecule has 5 rings (SSSR count). The number of aromatic carboxylic acids is 1. The number of hydrogen-bond acceptors (Lipinski definition) is 6. The lowest BCUT2D eigenvalue weighted by Crippen LogP contribution is -2.34. The summed E-state index contributed by atoms with van der Waals surface area (Å²) in [6.07, 6.45) is 1.45. The van der Waals surface area contributed by atoms with Crippen LogP contribution in [-0.4, -0.2) is 52.8 Å². The molecule has 0 radical (unpaired) electrons. The van der Waals surface area contributed by atoms with Crippen LogP contribution in [0.5, 0.6) is 11.5 Å². The Labute approximate surface area is 208 Å². The van der Waals surface area contributed by atoms with E-state index in [1.54, 1.807) is 6.92 Å². The van der Waals surface area contributed by atoms with Crippen LogP contribution in [0.2, 0.25) is 0 Å². The summed E-state index contributed by atoms with van der Waals surface area (Å²) >= 11 is 0. The standard InChI is InChI=1S/C27H29N5O4/c1-14-21(27(33)34)24(36-16-10-12-30-13-11-16)25(35-3)22-23(14)32(15(2)31-22)20-9-8-19(26(28)29)17-6-4-5-7-18(17)20/h4-9,16,30H,10-13H2,1-3H3,(H3,28,29)(H,33,34). The summed E-state index contributed by atoms with van der Waals surface area (Å²) in [4.78, 5) is 17.4. The van der Waals surface area contributed by atoms with Crippen molar-refractivity contribution in [2.45, 2.75) is 32.8 Å². The lowest BCUT2D eigenvalue weighted by Gasteiger charge is -2.26. The number of hydrogen-bond donors (Lipinski definition) is 4. The number of carbonyl (C=O) groups is 1. The molecule has 0 unspecified atom stereocenters. The van der Waals surface area contributed by atoms with Crippen molar-refractivity contribution in [3.8, 4) is 17.2 Å². The summed E-state index contributed by atoms with van der Waals surface area (Å²) in [7, 11) is 1.51. The molecule has 0 bridgehead atoms. The molecule has 3 aromatic carbocycles. The van der Waals surface area contributed by atoms with Gasteiger partial charge in [0.15, 0.2) is 11.5 Å². The van der Waals surface area contributed by atoms with Crippen LogP contribution in [0.15, 0.2) is 36.4 Å². The van der Waals surface area contributed by atoms with Crippen molar-refractivity contribution in [1.29, 1.82) is 5.41 Å². The zero-order chi connectivity index (χ0) is 25.6. The first kappa shape index (κ1) is 23.6. The molecule has 1 saturated heterocycles. The Bertz CT molecular complexity index is 1520. The van der Waals surface area contributed by atoms with Crippen LogP contribution in [0.4, 0.5) is 0 Å². The third-order valence-corrected chi connectivity index (χ3v) is 6.84. The molecule has 9 heteroatoms. The third-order valence-electron chi connectivity index (χ3n) is 6.84. The topological polar surface area (TPSA) is 135 Å². The number of rotatable bonds is 6. The molecule has 0 spiro atoms. The molecular formula is C27H29N5O4. The number of benzene rings is 3. The van der Waals surface area contributed by atoms with Crippen LogP contribution in [0.25, 0.3) is 27.5 Å². The van der Waals surface area contributed by atoms with Gasteiger partial charge in [-0.25, -0.2) is 9.78 Å². The van der Waals surface area contributed by atoms with Gasteiger partial charge in [0.2, 0.25) is 0 Å². The Morgan fingerprint density at radius 3 is 2.47 bits per heavy atom. The van der Waals surface area contributed by atoms with Crippen LogP contribution in [0.3, 0.4) is 0 Å². The summed E-state index contributed by atoms with van der Waals surface area (Å²) in [6.45, 7) is 5.28.